The first-order valence-electron chi connectivity index (χ1n) is 7.59. The number of hydrogen-bond acceptors (Lipinski definition) is 6. The molecule has 0 radical (unpaired) electrons. The van der Waals surface area contributed by atoms with Gasteiger partial charge in [0.15, 0.2) is 10.8 Å². The van der Waals surface area contributed by atoms with Crippen molar-refractivity contribution in [2.24, 2.45) is 5.84 Å². The van der Waals surface area contributed by atoms with Crippen LogP contribution in [0.3, 0.4) is 0 Å². The Kier molecular flexibility index (Phi) is 4.04. The Morgan fingerprint density at radius 1 is 1.08 bits per heavy atom. The normalized spacial score (nSPS) is 11.1. The highest BCUT2D eigenvalue weighted by Crippen LogP contribution is 2.28. The van der Waals surface area contributed by atoms with Crippen LogP contribution in [0.5, 0.6) is 0 Å². The van der Waals surface area contributed by atoms with Crippen LogP contribution in [0, 0.1) is 0 Å². The van der Waals surface area contributed by atoms with Crippen LogP contribution in [-0.2, 0) is 4.79 Å². The van der Waals surface area contributed by atoms with Crippen LogP contribution in [-0.4, -0.2) is 31.2 Å². The molecule has 2 aromatic heterocycles. The molecule has 8 heteroatoms. The summed E-state index contributed by atoms with van der Waals surface area (Å²) >= 11 is 1.28. The number of amides is 1. The van der Waals surface area contributed by atoms with E-state index in [1.54, 1.807) is 0 Å². The van der Waals surface area contributed by atoms with Gasteiger partial charge in [0.2, 0.25) is 5.91 Å². The number of rotatable bonds is 4. The molecule has 2 aromatic carbocycles. The van der Waals surface area contributed by atoms with Gasteiger partial charge in [-0.2, -0.15) is 0 Å². The quantitative estimate of drug-likeness (QED) is 0.253. The van der Waals surface area contributed by atoms with E-state index >= 15 is 0 Å². The summed E-state index contributed by atoms with van der Waals surface area (Å²) in [5, 5.41) is 9.19. The number of nitrogens with zero attached hydrogens (tertiary/aromatic N) is 4. The third-order valence-electron chi connectivity index (χ3n) is 3.74. The van der Waals surface area contributed by atoms with Crippen molar-refractivity contribution in [3.63, 3.8) is 0 Å². The second kappa shape index (κ2) is 6.50. The molecule has 0 saturated heterocycles. The molecule has 4 aromatic rings. The van der Waals surface area contributed by atoms with E-state index in [4.69, 9.17) is 10.8 Å². The number of para-hydroxylation sites is 2. The molecule has 0 saturated carbocycles. The largest absolute Gasteiger partial charge is 0.294 e. The van der Waals surface area contributed by atoms with Crippen molar-refractivity contribution in [2.45, 2.75) is 5.16 Å². The van der Waals surface area contributed by atoms with Crippen LogP contribution in [0.2, 0.25) is 0 Å². The van der Waals surface area contributed by atoms with E-state index in [0.717, 1.165) is 22.3 Å². The maximum absolute atomic E-state index is 11.5. The van der Waals surface area contributed by atoms with E-state index in [1.807, 2.05) is 59.0 Å². The number of carbonyl (C=O) groups excluding carboxylic acids is 1. The maximum Gasteiger partial charge on any atom is 0.244 e. The predicted octanol–water partition coefficient (Wildman–Crippen LogP) is 2.03. The van der Waals surface area contributed by atoms with Crippen LogP contribution in [0.1, 0.15) is 0 Å². The van der Waals surface area contributed by atoms with Crippen LogP contribution in [0.15, 0.2) is 59.8 Å². The average molecular weight is 350 g/mol. The highest BCUT2D eigenvalue weighted by Gasteiger charge is 2.17. The fourth-order valence-corrected chi connectivity index (χ4v) is 3.37. The number of aromatic nitrogens is 4. The van der Waals surface area contributed by atoms with Gasteiger partial charge in [0.1, 0.15) is 5.69 Å². The molecule has 3 N–H and O–H groups in total. The molecule has 0 fully saturated rings. The molecule has 0 spiro atoms. The molecule has 0 aliphatic rings. The van der Waals surface area contributed by atoms with Crippen LogP contribution >= 0.6 is 11.8 Å². The van der Waals surface area contributed by atoms with Gasteiger partial charge in [0.25, 0.3) is 0 Å². The Morgan fingerprint density at radius 2 is 1.84 bits per heavy atom. The molecule has 124 valence electrons. The van der Waals surface area contributed by atoms with E-state index in [1.165, 1.54) is 11.8 Å². The van der Waals surface area contributed by atoms with Crippen molar-refractivity contribution in [1.82, 2.24) is 25.0 Å². The average Bonchev–Trinajstić information content (AvgIpc) is 3.10. The van der Waals surface area contributed by atoms with Gasteiger partial charge in [-0.25, -0.2) is 10.8 Å². The van der Waals surface area contributed by atoms with Crippen LogP contribution in [0.25, 0.3) is 27.9 Å². The minimum atomic E-state index is -0.275. The van der Waals surface area contributed by atoms with E-state index in [-0.39, 0.29) is 11.7 Å². The molecular formula is C17H14N6OS. The Morgan fingerprint density at radius 3 is 2.64 bits per heavy atom. The molecular weight excluding hydrogens is 336 g/mol. The minimum Gasteiger partial charge on any atom is -0.294 e. The summed E-state index contributed by atoms with van der Waals surface area (Å²) in [5.74, 6) is 5.04. The fourth-order valence-electron chi connectivity index (χ4n) is 2.61. The first-order valence-corrected chi connectivity index (χ1v) is 8.58. The van der Waals surface area contributed by atoms with Gasteiger partial charge in [0.05, 0.1) is 16.8 Å². The number of carbonyl (C=O) groups is 1. The fraction of sp³-hybridized carbons (Fsp3) is 0.0588. The molecule has 1 amide bonds. The highest BCUT2D eigenvalue weighted by molar-refractivity contribution is 7.99. The predicted molar refractivity (Wildman–Crippen MR) is 96.8 cm³/mol. The molecule has 0 atom stereocenters. The number of thioether (sulfide) groups is 1. The SMILES string of the molecule is NNC(=O)CSc1nnc2c(-c3ccccc3)nc3ccccc3n12. The van der Waals surface area contributed by atoms with Gasteiger partial charge in [-0.05, 0) is 12.1 Å². The zero-order valence-corrected chi connectivity index (χ0v) is 13.9. The van der Waals surface area contributed by atoms with Crippen molar-refractivity contribution >= 4 is 34.3 Å². The second-order valence-corrected chi connectivity index (χ2v) is 6.26. The first-order chi connectivity index (χ1) is 12.3. The van der Waals surface area contributed by atoms with Crippen molar-refractivity contribution in [2.75, 3.05) is 5.75 Å². The molecule has 4 rings (SSSR count). The lowest BCUT2D eigenvalue weighted by Crippen LogP contribution is -2.31. The topological polar surface area (TPSA) is 98.2 Å². The van der Waals surface area contributed by atoms with Crippen LogP contribution in [0.4, 0.5) is 0 Å². The number of fused-ring (bicyclic) bond motifs is 3. The summed E-state index contributed by atoms with van der Waals surface area (Å²) in [7, 11) is 0. The van der Waals surface area contributed by atoms with Gasteiger partial charge in [-0.15, -0.1) is 10.2 Å². The molecule has 0 aliphatic heterocycles. The van der Waals surface area contributed by atoms with Gasteiger partial charge < -0.3 is 0 Å². The highest BCUT2D eigenvalue weighted by atomic mass is 32.2. The van der Waals surface area contributed by atoms with Crippen molar-refractivity contribution in [1.29, 1.82) is 0 Å². The number of nitrogens with two attached hydrogens (primary N) is 1. The molecule has 0 bridgehead atoms. The summed E-state index contributed by atoms with van der Waals surface area (Å²) in [6.07, 6.45) is 0. The zero-order chi connectivity index (χ0) is 17.2. The summed E-state index contributed by atoms with van der Waals surface area (Å²) < 4.78 is 1.93. The minimum absolute atomic E-state index is 0.161. The lowest BCUT2D eigenvalue weighted by Gasteiger charge is -2.08. The van der Waals surface area contributed by atoms with Crippen molar-refractivity contribution in [3.05, 3.63) is 54.6 Å². The van der Waals surface area contributed by atoms with Crippen LogP contribution < -0.4 is 11.3 Å². The second-order valence-electron chi connectivity index (χ2n) is 5.31. The Labute approximate surface area is 147 Å². The zero-order valence-electron chi connectivity index (χ0n) is 13.1. The van der Waals surface area contributed by atoms with E-state index in [0.29, 0.717) is 10.8 Å². The standard InChI is InChI=1S/C17H14N6OS/c18-20-14(24)10-25-17-22-21-16-15(11-6-2-1-3-7-11)19-12-8-4-5-9-13(12)23(16)17/h1-9H,10,18H2,(H,20,24). The van der Waals surface area contributed by atoms with Gasteiger partial charge >= 0.3 is 0 Å². The summed E-state index contributed by atoms with van der Waals surface area (Å²) in [6.45, 7) is 0. The number of benzene rings is 2. The van der Waals surface area contributed by atoms with E-state index < -0.39 is 0 Å². The van der Waals surface area contributed by atoms with E-state index in [2.05, 4.69) is 15.6 Å². The van der Waals surface area contributed by atoms with Gasteiger partial charge in [-0.1, -0.05) is 54.2 Å². The molecule has 2 heterocycles. The third kappa shape index (κ3) is 2.81. The summed E-state index contributed by atoms with van der Waals surface area (Å²) in [6, 6.07) is 17.6. The monoisotopic (exact) mass is 350 g/mol. The summed E-state index contributed by atoms with van der Waals surface area (Å²) in [5.41, 5.74) is 6.20. The van der Waals surface area contributed by atoms with Gasteiger partial charge in [-0.3, -0.25) is 14.6 Å². The maximum atomic E-state index is 11.5. The molecule has 0 aliphatic carbocycles. The number of nitrogens with one attached hydrogen (secondary N) is 1. The molecule has 7 nitrogen and oxygen atoms in total. The Bertz CT molecular complexity index is 1060. The first kappa shape index (κ1) is 15.6. The molecule has 25 heavy (non-hydrogen) atoms. The van der Waals surface area contributed by atoms with Crippen molar-refractivity contribution < 1.29 is 4.79 Å². The van der Waals surface area contributed by atoms with Crippen molar-refractivity contribution in [3.8, 4) is 11.3 Å². The Hall–Kier alpha value is -2.97. The summed E-state index contributed by atoms with van der Waals surface area (Å²) in [4.78, 5) is 16.2. The number of hydrogen-bond donors (Lipinski definition) is 2. The van der Waals surface area contributed by atoms with E-state index in [9.17, 15) is 4.79 Å². The number of hydrazine groups is 1. The smallest absolute Gasteiger partial charge is 0.244 e. The van der Waals surface area contributed by atoms with Gasteiger partial charge in [0, 0.05) is 5.56 Å². The lowest BCUT2D eigenvalue weighted by atomic mass is 10.1. The molecule has 0 unspecified atom stereocenters. The lowest BCUT2D eigenvalue weighted by molar-refractivity contribution is -0.118. The third-order valence-corrected chi connectivity index (χ3v) is 4.67. The Balaban J connectivity index is 1.95.